The number of hydrogen-bond acceptors (Lipinski definition) is 6. The molecule has 0 aromatic heterocycles. The molecule has 0 bridgehead atoms. The van der Waals surface area contributed by atoms with Crippen LogP contribution < -0.4 is 4.74 Å². The molecule has 0 heterocycles. The van der Waals surface area contributed by atoms with Crippen LogP contribution in [-0.4, -0.2) is 15.8 Å². The van der Waals surface area contributed by atoms with E-state index in [1.54, 1.807) is 12.1 Å². The lowest BCUT2D eigenvalue weighted by Gasteiger charge is -2.06. The van der Waals surface area contributed by atoms with Crippen molar-refractivity contribution in [3.8, 4) is 5.75 Å². The summed E-state index contributed by atoms with van der Waals surface area (Å²) in [6, 6.07) is 8.73. The van der Waals surface area contributed by atoms with Crippen molar-refractivity contribution in [1.29, 1.82) is 0 Å². The summed E-state index contributed by atoms with van der Waals surface area (Å²) in [6.45, 7) is 0. The first-order valence-electron chi connectivity index (χ1n) is 5.79. The molecule has 0 radical (unpaired) electrons. The van der Waals surface area contributed by atoms with Crippen molar-refractivity contribution >= 4 is 28.9 Å². The van der Waals surface area contributed by atoms with E-state index in [0.29, 0.717) is 6.07 Å². The second-order valence-electron chi connectivity index (χ2n) is 4.04. The minimum Gasteiger partial charge on any atom is -0.421 e. The van der Waals surface area contributed by atoms with Gasteiger partial charge in [-0.2, -0.15) is 0 Å². The summed E-state index contributed by atoms with van der Waals surface area (Å²) in [5.74, 6) is -1.00. The van der Waals surface area contributed by atoms with E-state index in [1.165, 1.54) is 12.1 Å². The van der Waals surface area contributed by atoms with Gasteiger partial charge in [0.1, 0.15) is 11.3 Å². The van der Waals surface area contributed by atoms with Crippen LogP contribution in [-0.2, 0) is 0 Å². The Kier molecular flexibility index (Phi) is 4.33. The van der Waals surface area contributed by atoms with Crippen LogP contribution in [0.4, 0.5) is 11.4 Å². The third-order valence-electron chi connectivity index (χ3n) is 2.65. The van der Waals surface area contributed by atoms with Gasteiger partial charge in [-0.05, 0) is 18.2 Å². The molecule has 8 nitrogen and oxygen atoms in total. The maximum Gasteiger partial charge on any atom is 0.350 e. The summed E-state index contributed by atoms with van der Waals surface area (Å²) in [5.41, 5.74) is -1.62. The van der Waals surface area contributed by atoms with E-state index in [-0.39, 0.29) is 10.8 Å². The van der Waals surface area contributed by atoms with Crippen LogP contribution in [0.1, 0.15) is 10.4 Å². The number of nitro groups is 2. The van der Waals surface area contributed by atoms with Crippen LogP contribution in [0.25, 0.3) is 0 Å². The molecule has 0 amide bonds. The summed E-state index contributed by atoms with van der Waals surface area (Å²) in [6.07, 6.45) is 0. The number of ether oxygens (including phenoxy) is 1. The molecule has 0 spiro atoms. The highest BCUT2D eigenvalue weighted by molar-refractivity contribution is 6.32. The number of rotatable bonds is 4. The number of esters is 1. The molecule has 2 aromatic carbocycles. The first-order chi connectivity index (χ1) is 10.4. The van der Waals surface area contributed by atoms with Crippen molar-refractivity contribution in [2.75, 3.05) is 0 Å². The summed E-state index contributed by atoms with van der Waals surface area (Å²) in [5, 5.41) is 21.8. The minimum absolute atomic E-state index is 0.0295. The first kappa shape index (κ1) is 15.4. The second-order valence-corrected chi connectivity index (χ2v) is 4.44. The second kappa shape index (κ2) is 6.19. The number of non-ortho nitro benzene ring substituents is 1. The van der Waals surface area contributed by atoms with Gasteiger partial charge in [-0.3, -0.25) is 20.2 Å². The summed E-state index contributed by atoms with van der Waals surface area (Å²) in [4.78, 5) is 31.9. The molecule has 0 fully saturated rings. The van der Waals surface area contributed by atoms with Crippen molar-refractivity contribution in [1.82, 2.24) is 0 Å². The number of benzene rings is 2. The van der Waals surface area contributed by atoms with Gasteiger partial charge in [0, 0.05) is 6.07 Å². The Morgan fingerprint density at radius 1 is 1.05 bits per heavy atom. The van der Waals surface area contributed by atoms with Gasteiger partial charge in [0.05, 0.1) is 20.9 Å². The first-order valence-corrected chi connectivity index (χ1v) is 6.17. The Labute approximate surface area is 128 Å². The lowest BCUT2D eigenvalue weighted by atomic mass is 10.1. The lowest BCUT2D eigenvalue weighted by Crippen LogP contribution is -2.11. The van der Waals surface area contributed by atoms with Crippen molar-refractivity contribution in [2.24, 2.45) is 0 Å². The summed E-state index contributed by atoms with van der Waals surface area (Å²) in [7, 11) is 0. The topological polar surface area (TPSA) is 113 Å². The third kappa shape index (κ3) is 3.18. The van der Waals surface area contributed by atoms with Crippen LogP contribution in [0.3, 0.4) is 0 Å². The number of hydrogen-bond donors (Lipinski definition) is 0. The fourth-order valence-corrected chi connectivity index (χ4v) is 1.81. The van der Waals surface area contributed by atoms with E-state index >= 15 is 0 Å². The molecule has 0 aliphatic carbocycles. The van der Waals surface area contributed by atoms with E-state index in [2.05, 4.69) is 0 Å². The largest absolute Gasteiger partial charge is 0.421 e. The highest BCUT2D eigenvalue weighted by Gasteiger charge is 2.25. The molecular weight excluding hydrogens is 316 g/mol. The molecule has 0 aliphatic rings. The average Bonchev–Trinajstić information content (AvgIpc) is 2.48. The Hall–Kier alpha value is -3.00. The van der Waals surface area contributed by atoms with Crippen molar-refractivity contribution < 1.29 is 19.4 Å². The molecule has 0 atom stereocenters. The quantitative estimate of drug-likeness (QED) is 0.369. The summed E-state index contributed by atoms with van der Waals surface area (Å²) >= 11 is 5.82. The molecule has 112 valence electrons. The number of nitrogens with zero attached hydrogens (tertiary/aromatic N) is 2. The Bertz CT molecular complexity index is 777. The molecule has 22 heavy (non-hydrogen) atoms. The van der Waals surface area contributed by atoms with Gasteiger partial charge in [-0.15, -0.1) is 0 Å². The van der Waals surface area contributed by atoms with Crippen molar-refractivity contribution in [2.45, 2.75) is 0 Å². The maximum atomic E-state index is 12.0. The van der Waals surface area contributed by atoms with Gasteiger partial charge in [0.25, 0.3) is 11.4 Å². The molecule has 2 rings (SSSR count). The molecule has 0 unspecified atom stereocenters. The van der Waals surface area contributed by atoms with Crippen LogP contribution in [0, 0.1) is 20.2 Å². The zero-order valence-corrected chi connectivity index (χ0v) is 11.5. The molecule has 0 aliphatic heterocycles. The predicted molar refractivity (Wildman–Crippen MR) is 76.2 cm³/mol. The maximum absolute atomic E-state index is 12.0. The molecule has 2 aromatic rings. The summed E-state index contributed by atoms with van der Waals surface area (Å²) < 4.78 is 4.98. The van der Waals surface area contributed by atoms with Crippen LogP contribution in [0.2, 0.25) is 5.02 Å². The molecule has 0 saturated carbocycles. The number of carbonyl (C=O) groups is 1. The monoisotopic (exact) mass is 322 g/mol. The van der Waals surface area contributed by atoms with E-state index < -0.39 is 32.8 Å². The predicted octanol–water partition coefficient (Wildman–Crippen LogP) is 3.38. The van der Waals surface area contributed by atoms with Crippen LogP contribution in [0.15, 0.2) is 42.5 Å². The van der Waals surface area contributed by atoms with Crippen molar-refractivity contribution in [3.63, 3.8) is 0 Å². The van der Waals surface area contributed by atoms with Crippen LogP contribution >= 0.6 is 11.6 Å². The fourth-order valence-electron chi connectivity index (χ4n) is 1.64. The molecule has 0 saturated heterocycles. The number of nitro benzene ring substituents is 2. The molecule has 9 heteroatoms. The normalized spacial score (nSPS) is 10.0. The number of carbonyl (C=O) groups excluding carboxylic acids is 1. The van der Waals surface area contributed by atoms with E-state index in [1.807, 2.05) is 0 Å². The number of halogens is 1. The SMILES string of the molecule is O=C(Oc1ccccc1Cl)c1ccc([N+](=O)[O-])cc1[N+](=O)[O-]. The third-order valence-corrected chi connectivity index (χ3v) is 2.96. The Morgan fingerprint density at radius 2 is 1.73 bits per heavy atom. The van der Waals surface area contributed by atoms with Crippen LogP contribution in [0.5, 0.6) is 5.75 Å². The van der Waals surface area contributed by atoms with Crippen molar-refractivity contribution in [3.05, 3.63) is 73.3 Å². The smallest absolute Gasteiger partial charge is 0.350 e. The molecule has 0 N–H and O–H groups in total. The highest BCUT2D eigenvalue weighted by Crippen LogP contribution is 2.28. The van der Waals surface area contributed by atoms with E-state index in [0.717, 1.165) is 12.1 Å². The fraction of sp³-hybridized carbons (Fsp3) is 0. The van der Waals surface area contributed by atoms with Gasteiger partial charge < -0.3 is 4.74 Å². The van der Waals surface area contributed by atoms with Gasteiger partial charge in [0.15, 0.2) is 0 Å². The van der Waals surface area contributed by atoms with Gasteiger partial charge in [-0.1, -0.05) is 23.7 Å². The Morgan fingerprint density at radius 3 is 2.32 bits per heavy atom. The number of para-hydroxylation sites is 1. The molecular formula is C13H7ClN2O6. The standard InChI is InChI=1S/C13H7ClN2O6/c14-10-3-1-2-4-12(10)22-13(17)9-6-5-8(15(18)19)7-11(9)16(20)21/h1-7H. The Balaban J connectivity index is 2.39. The van der Waals surface area contributed by atoms with Gasteiger partial charge >= 0.3 is 5.97 Å². The zero-order valence-electron chi connectivity index (χ0n) is 10.8. The van der Waals surface area contributed by atoms with E-state index in [9.17, 15) is 25.0 Å². The lowest BCUT2D eigenvalue weighted by molar-refractivity contribution is -0.394. The minimum atomic E-state index is -1.03. The van der Waals surface area contributed by atoms with E-state index in [4.69, 9.17) is 16.3 Å². The zero-order chi connectivity index (χ0) is 16.3. The highest BCUT2D eigenvalue weighted by atomic mass is 35.5. The van der Waals surface area contributed by atoms with Gasteiger partial charge in [0.2, 0.25) is 0 Å². The van der Waals surface area contributed by atoms with Gasteiger partial charge in [-0.25, -0.2) is 4.79 Å². The average molecular weight is 323 g/mol.